The molecule has 0 bridgehead atoms. The van der Waals surface area contributed by atoms with E-state index < -0.39 is 0 Å². The van der Waals surface area contributed by atoms with E-state index in [0.717, 1.165) is 11.3 Å². The molecule has 0 unspecified atom stereocenters. The maximum atomic E-state index is 6.06. The highest BCUT2D eigenvalue weighted by Gasteiger charge is 2.00. The molecule has 0 saturated carbocycles. The number of rotatable bonds is 3. The molecule has 2 nitrogen and oxygen atoms in total. The van der Waals surface area contributed by atoms with Gasteiger partial charge in [-0.1, -0.05) is 29.3 Å². The summed E-state index contributed by atoms with van der Waals surface area (Å²) in [6.07, 6.45) is 3.48. The summed E-state index contributed by atoms with van der Waals surface area (Å²) >= 11 is 11.9. The van der Waals surface area contributed by atoms with Crippen LogP contribution in [-0.2, 0) is 6.54 Å². The molecule has 16 heavy (non-hydrogen) atoms. The molecule has 1 aromatic heterocycles. The molecule has 0 fully saturated rings. The van der Waals surface area contributed by atoms with Crippen molar-refractivity contribution in [2.75, 3.05) is 5.32 Å². The molecule has 0 aliphatic heterocycles. The zero-order valence-corrected chi connectivity index (χ0v) is 9.96. The van der Waals surface area contributed by atoms with Crippen molar-refractivity contribution in [1.82, 2.24) is 4.98 Å². The van der Waals surface area contributed by atoms with E-state index in [4.69, 9.17) is 23.2 Å². The van der Waals surface area contributed by atoms with E-state index in [9.17, 15) is 0 Å². The molecule has 2 aromatic rings. The van der Waals surface area contributed by atoms with Gasteiger partial charge in [0, 0.05) is 34.7 Å². The summed E-state index contributed by atoms with van der Waals surface area (Å²) in [5.74, 6) is 0. The van der Waals surface area contributed by atoms with Crippen LogP contribution in [0.15, 0.2) is 42.7 Å². The van der Waals surface area contributed by atoms with Gasteiger partial charge in [-0.2, -0.15) is 0 Å². The third kappa shape index (κ3) is 2.87. The first-order valence-electron chi connectivity index (χ1n) is 4.83. The van der Waals surface area contributed by atoms with Crippen LogP contribution in [0.3, 0.4) is 0 Å². The maximum absolute atomic E-state index is 6.06. The van der Waals surface area contributed by atoms with Crippen molar-refractivity contribution in [1.29, 1.82) is 0 Å². The molecule has 0 aliphatic rings. The highest BCUT2D eigenvalue weighted by atomic mass is 35.5. The van der Waals surface area contributed by atoms with Crippen LogP contribution in [0, 0.1) is 0 Å². The number of anilines is 1. The Morgan fingerprint density at radius 2 is 1.81 bits per heavy atom. The van der Waals surface area contributed by atoms with Gasteiger partial charge in [0.05, 0.1) is 0 Å². The zero-order valence-electron chi connectivity index (χ0n) is 8.45. The Kier molecular flexibility index (Phi) is 3.65. The van der Waals surface area contributed by atoms with Gasteiger partial charge < -0.3 is 5.32 Å². The van der Waals surface area contributed by atoms with Gasteiger partial charge in [0.1, 0.15) is 0 Å². The predicted molar refractivity (Wildman–Crippen MR) is 68.0 cm³/mol. The predicted octanol–water partition coefficient (Wildman–Crippen LogP) is 4.00. The molecule has 4 heteroatoms. The SMILES string of the molecule is Clc1ccc(CNc2ccncc2)c(Cl)c1. The van der Waals surface area contributed by atoms with E-state index in [1.807, 2.05) is 24.3 Å². The van der Waals surface area contributed by atoms with E-state index >= 15 is 0 Å². The lowest BCUT2D eigenvalue weighted by Crippen LogP contribution is -1.99. The average Bonchev–Trinajstić information content (AvgIpc) is 2.29. The zero-order chi connectivity index (χ0) is 11.4. The van der Waals surface area contributed by atoms with Crippen molar-refractivity contribution >= 4 is 28.9 Å². The minimum Gasteiger partial charge on any atom is -0.381 e. The Hall–Kier alpha value is -1.25. The number of hydrogen-bond acceptors (Lipinski definition) is 2. The minimum absolute atomic E-state index is 0.651. The first-order valence-corrected chi connectivity index (χ1v) is 5.59. The molecule has 0 radical (unpaired) electrons. The average molecular weight is 253 g/mol. The van der Waals surface area contributed by atoms with E-state index in [1.54, 1.807) is 18.5 Å². The number of pyridine rings is 1. The van der Waals surface area contributed by atoms with Gasteiger partial charge >= 0.3 is 0 Å². The first kappa shape index (κ1) is 11.2. The van der Waals surface area contributed by atoms with Crippen molar-refractivity contribution in [2.45, 2.75) is 6.54 Å². The summed E-state index contributed by atoms with van der Waals surface area (Å²) in [6, 6.07) is 9.30. The number of aromatic nitrogens is 1. The molecule has 0 atom stereocenters. The topological polar surface area (TPSA) is 24.9 Å². The second-order valence-electron chi connectivity index (χ2n) is 3.33. The molecule has 1 N–H and O–H groups in total. The van der Waals surface area contributed by atoms with Gasteiger partial charge in [0.25, 0.3) is 0 Å². The molecule has 0 aliphatic carbocycles. The molecule has 1 aromatic carbocycles. The van der Waals surface area contributed by atoms with Crippen molar-refractivity contribution in [2.24, 2.45) is 0 Å². The molecule has 0 spiro atoms. The van der Waals surface area contributed by atoms with Crippen LogP contribution < -0.4 is 5.32 Å². The number of nitrogens with one attached hydrogen (secondary N) is 1. The molecule has 1 heterocycles. The van der Waals surface area contributed by atoms with Crippen LogP contribution in [0.2, 0.25) is 10.0 Å². The van der Waals surface area contributed by atoms with Gasteiger partial charge in [-0.25, -0.2) is 0 Å². The number of halogens is 2. The van der Waals surface area contributed by atoms with Gasteiger partial charge in [-0.3, -0.25) is 4.98 Å². The third-order valence-electron chi connectivity index (χ3n) is 2.18. The van der Waals surface area contributed by atoms with E-state index in [2.05, 4.69) is 10.3 Å². The summed E-state index contributed by atoms with van der Waals surface area (Å²) in [6.45, 7) is 0.667. The number of nitrogens with zero attached hydrogens (tertiary/aromatic N) is 1. The quantitative estimate of drug-likeness (QED) is 0.894. The smallest absolute Gasteiger partial charge is 0.0470 e. The second-order valence-corrected chi connectivity index (χ2v) is 4.17. The van der Waals surface area contributed by atoms with Gasteiger partial charge in [-0.15, -0.1) is 0 Å². The van der Waals surface area contributed by atoms with Crippen LogP contribution in [0.5, 0.6) is 0 Å². The molecular formula is C12H10Cl2N2. The van der Waals surface area contributed by atoms with Crippen molar-refractivity contribution in [3.8, 4) is 0 Å². The Balaban J connectivity index is 2.05. The van der Waals surface area contributed by atoms with E-state index in [0.29, 0.717) is 16.6 Å². The Morgan fingerprint density at radius 1 is 1.06 bits per heavy atom. The fraction of sp³-hybridized carbons (Fsp3) is 0.0833. The van der Waals surface area contributed by atoms with Crippen molar-refractivity contribution in [3.05, 3.63) is 58.3 Å². The standard InChI is InChI=1S/C12H10Cl2N2/c13-10-2-1-9(12(14)7-10)8-16-11-3-5-15-6-4-11/h1-7H,8H2,(H,15,16). The van der Waals surface area contributed by atoms with E-state index in [1.165, 1.54) is 0 Å². The molecule has 2 rings (SSSR count). The van der Waals surface area contributed by atoms with Crippen molar-refractivity contribution < 1.29 is 0 Å². The summed E-state index contributed by atoms with van der Waals surface area (Å²) < 4.78 is 0. The highest BCUT2D eigenvalue weighted by molar-refractivity contribution is 6.35. The van der Waals surface area contributed by atoms with E-state index in [-0.39, 0.29) is 0 Å². The van der Waals surface area contributed by atoms with Crippen LogP contribution >= 0.6 is 23.2 Å². The Labute approximate surface area is 104 Å². The van der Waals surface area contributed by atoms with Gasteiger partial charge in [0.15, 0.2) is 0 Å². The summed E-state index contributed by atoms with van der Waals surface area (Å²) in [7, 11) is 0. The molecular weight excluding hydrogens is 243 g/mol. The first-order chi connectivity index (χ1) is 7.75. The highest BCUT2D eigenvalue weighted by Crippen LogP contribution is 2.21. The van der Waals surface area contributed by atoms with Crippen LogP contribution in [-0.4, -0.2) is 4.98 Å². The number of hydrogen-bond donors (Lipinski definition) is 1. The molecule has 0 amide bonds. The molecule has 82 valence electrons. The fourth-order valence-corrected chi connectivity index (χ4v) is 1.81. The summed E-state index contributed by atoms with van der Waals surface area (Å²) in [4.78, 5) is 3.95. The van der Waals surface area contributed by atoms with Crippen LogP contribution in [0.4, 0.5) is 5.69 Å². The fourth-order valence-electron chi connectivity index (χ4n) is 1.33. The summed E-state index contributed by atoms with van der Waals surface area (Å²) in [5.41, 5.74) is 2.03. The molecule has 0 saturated heterocycles. The third-order valence-corrected chi connectivity index (χ3v) is 2.77. The maximum Gasteiger partial charge on any atom is 0.0470 e. The van der Waals surface area contributed by atoms with Crippen LogP contribution in [0.1, 0.15) is 5.56 Å². The second kappa shape index (κ2) is 5.19. The lowest BCUT2D eigenvalue weighted by Gasteiger charge is -2.07. The van der Waals surface area contributed by atoms with Crippen molar-refractivity contribution in [3.63, 3.8) is 0 Å². The van der Waals surface area contributed by atoms with Gasteiger partial charge in [-0.05, 0) is 29.8 Å². The normalized spacial score (nSPS) is 10.1. The van der Waals surface area contributed by atoms with Crippen LogP contribution in [0.25, 0.3) is 0 Å². The lowest BCUT2D eigenvalue weighted by molar-refractivity contribution is 1.14. The van der Waals surface area contributed by atoms with Gasteiger partial charge in [0.2, 0.25) is 0 Å². The number of benzene rings is 1. The minimum atomic E-state index is 0.651. The summed E-state index contributed by atoms with van der Waals surface area (Å²) in [5, 5.41) is 4.58. The Morgan fingerprint density at radius 3 is 2.50 bits per heavy atom. The monoisotopic (exact) mass is 252 g/mol. The lowest BCUT2D eigenvalue weighted by atomic mass is 10.2. The Bertz CT molecular complexity index is 472. The largest absolute Gasteiger partial charge is 0.381 e.